The summed E-state index contributed by atoms with van der Waals surface area (Å²) in [4.78, 5) is 0. The Morgan fingerprint density at radius 1 is 0.600 bits per heavy atom. The van der Waals surface area contributed by atoms with Crippen LogP contribution in [0.1, 0.15) is 88.7 Å². The average molecular weight is 557 g/mol. The molecule has 1 aliphatic rings. The SMILES string of the molecule is CCCCCCCc1ccc(-c2ccc(-c3ccc(C4COC(CCCCC)OC4)c(F)c3F)cc2)c(F)c1F. The van der Waals surface area contributed by atoms with E-state index in [1.54, 1.807) is 48.5 Å². The number of ether oxygens (including phenoxy) is 2. The van der Waals surface area contributed by atoms with Crippen molar-refractivity contribution in [3.05, 3.63) is 82.9 Å². The van der Waals surface area contributed by atoms with Crippen molar-refractivity contribution in [2.75, 3.05) is 13.2 Å². The smallest absolute Gasteiger partial charge is 0.166 e. The largest absolute Gasteiger partial charge is 0.352 e. The summed E-state index contributed by atoms with van der Waals surface area (Å²) in [6.07, 6.45) is 9.43. The Kier molecular flexibility index (Phi) is 11.2. The van der Waals surface area contributed by atoms with Gasteiger partial charge in [0.15, 0.2) is 29.6 Å². The summed E-state index contributed by atoms with van der Waals surface area (Å²) in [6.45, 7) is 4.82. The number of halogens is 4. The van der Waals surface area contributed by atoms with Crippen LogP contribution >= 0.6 is 0 Å². The topological polar surface area (TPSA) is 18.5 Å². The van der Waals surface area contributed by atoms with Gasteiger partial charge in [-0.3, -0.25) is 0 Å². The third-order valence-corrected chi connectivity index (χ3v) is 7.78. The number of benzene rings is 3. The zero-order valence-corrected chi connectivity index (χ0v) is 23.6. The minimum absolute atomic E-state index is 0.105. The molecular formula is C34H40F4O2. The van der Waals surface area contributed by atoms with Crippen molar-refractivity contribution < 1.29 is 27.0 Å². The summed E-state index contributed by atoms with van der Waals surface area (Å²) < 4.78 is 71.5. The molecule has 0 N–H and O–H groups in total. The van der Waals surface area contributed by atoms with Gasteiger partial charge in [-0.15, -0.1) is 0 Å². The predicted molar refractivity (Wildman–Crippen MR) is 152 cm³/mol. The van der Waals surface area contributed by atoms with Crippen molar-refractivity contribution in [2.45, 2.75) is 90.3 Å². The number of unbranched alkanes of at least 4 members (excludes halogenated alkanes) is 6. The standard InChI is InChI=1S/C34H40F4O2/c1-3-5-7-8-10-11-25-17-18-27(32(36)31(25)35)23-13-15-24(16-14-23)28-19-20-29(34(38)33(28)37)26-21-39-30(40-22-26)12-9-6-4-2/h13-20,26,30H,3-12,21-22H2,1-2H3. The van der Waals surface area contributed by atoms with Gasteiger partial charge < -0.3 is 9.47 Å². The van der Waals surface area contributed by atoms with Gasteiger partial charge in [-0.05, 0) is 47.9 Å². The lowest BCUT2D eigenvalue weighted by Crippen LogP contribution is -2.31. The highest BCUT2D eigenvalue weighted by atomic mass is 19.2. The zero-order chi connectivity index (χ0) is 28.5. The Bertz CT molecular complexity index is 1230. The van der Waals surface area contributed by atoms with Crippen LogP contribution in [0.5, 0.6) is 0 Å². The second kappa shape index (κ2) is 14.8. The molecule has 1 fully saturated rings. The minimum Gasteiger partial charge on any atom is -0.352 e. The van der Waals surface area contributed by atoms with E-state index >= 15 is 8.78 Å². The molecule has 1 aliphatic heterocycles. The maximum absolute atomic E-state index is 15.2. The first kappa shape index (κ1) is 30.3. The molecular weight excluding hydrogens is 516 g/mol. The van der Waals surface area contributed by atoms with E-state index in [1.165, 1.54) is 0 Å². The molecule has 3 aromatic carbocycles. The van der Waals surface area contributed by atoms with Gasteiger partial charge in [0, 0.05) is 17.0 Å². The van der Waals surface area contributed by atoms with Crippen molar-refractivity contribution in [1.29, 1.82) is 0 Å². The van der Waals surface area contributed by atoms with Gasteiger partial charge in [-0.1, -0.05) is 101 Å². The molecule has 0 aliphatic carbocycles. The Labute approximate surface area is 235 Å². The maximum Gasteiger partial charge on any atom is 0.166 e. The highest BCUT2D eigenvalue weighted by Gasteiger charge is 2.27. The second-order valence-electron chi connectivity index (χ2n) is 10.8. The Morgan fingerprint density at radius 2 is 1.15 bits per heavy atom. The van der Waals surface area contributed by atoms with Gasteiger partial charge in [-0.25, -0.2) is 17.6 Å². The number of hydrogen-bond acceptors (Lipinski definition) is 2. The van der Waals surface area contributed by atoms with Crippen molar-refractivity contribution in [3.63, 3.8) is 0 Å². The lowest BCUT2D eigenvalue weighted by molar-refractivity contribution is -0.190. The molecule has 0 amide bonds. The highest BCUT2D eigenvalue weighted by molar-refractivity contribution is 5.71. The zero-order valence-electron chi connectivity index (χ0n) is 23.6. The molecule has 0 atom stereocenters. The first-order valence-electron chi connectivity index (χ1n) is 14.7. The van der Waals surface area contributed by atoms with E-state index in [-0.39, 0.29) is 42.1 Å². The molecule has 0 saturated carbocycles. The van der Waals surface area contributed by atoms with Crippen LogP contribution in [0.4, 0.5) is 17.6 Å². The summed E-state index contributed by atoms with van der Waals surface area (Å²) in [5, 5.41) is 0. The van der Waals surface area contributed by atoms with E-state index in [9.17, 15) is 8.78 Å². The Morgan fingerprint density at radius 3 is 1.77 bits per heavy atom. The first-order valence-corrected chi connectivity index (χ1v) is 14.7. The van der Waals surface area contributed by atoms with E-state index in [0.29, 0.717) is 23.1 Å². The van der Waals surface area contributed by atoms with Gasteiger partial charge in [0.25, 0.3) is 0 Å². The van der Waals surface area contributed by atoms with Gasteiger partial charge in [-0.2, -0.15) is 0 Å². The molecule has 0 spiro atoms. The molecule has 3 aromatic rings. The lowest BCUT2D eigenvalue weighted by atomic mass is 9.94. The van der Waals surface area contributed by atoms with Gasteiger partial charge in [0.05, 0.1) is 13.2 Å². The second-order valence-corrected chi connectivity index (χ2v) is 10.8. The monoisotopic (exact) mass is 556 g/mol. The van der Waals surface area contributed by atoms with Crippen molar-refractivity contribution >= 4 is 0 Å². The molecule has 0 unspecified atom stereocenters. The number of aryl methyl sites for hydroxylation is 1. The van der Waals surface area contributed by atoms with Crippen LogP contribution in [-0.2, 0) is 15.9 Å². The van der Waals surface area contributed by atoms with Crippen molar-refractivity contribution in [2.24, 2.45) is 0 Å². The fraction of sp³-hybridized carbons (Fsp3) is 0.471. The molecule has 0 radical (unpaired) electrons. The van der Waals surface area contributed by atoms with Gasteiger partial charge in [0.2, 0.25) is 0 Å². The van der Waals surface area contributed by atoms with E-state index < -0.39 is 23.3 Å². The fourth-order valence-electron chi connectivity index (χ4n) is 5.31. The van der Waals surface area contributed by atoms with Crippen LogP contribution in [0.3, 0.4) is 0 Å². The summed E-state index contributed by atoms with van der Waals surface area (Å²) in [7, 11) is 0. The van der Waals surface area contributed by atoms with Crippen LogP contribution in [-0.4, -0.2) is 19.5 Å². The Balaban J connectivity index is 1.43. The minimum atomic E-state index is -0.948. The van der Waals surface area contributed by atoms with Crippen LogP contribution in [0, 0.1) is 23.3 Å². The summed E-state index contributed by atoms with van der Waals surface area (Å²) >= 11 is 0. The number of rotatable bonds is 13. The molecule has 40 heavy (non-hydrogen) atoms. The molecule has 1 saturated heterocycles. The Hall–Kier alpha value is -2.70. The normalized spacial score (nSPS) is 17.4. The molecule has 0 bridgehead atoms. The lowest BCUT2D eigenvalue weighted by Gasteiger charge is -2.30. The summed E-state index contributed by atoms with van der Waals surface area (Å²) in [6, 6.07) is 12.7. The van der Waals surface area contributed by atoms with Gasteiger partial charge >= 0.3 is 0 Å². The molecule has 216 valence electrons. The first-order chi connectivity index (χ1) is 19.4. The molecule has 2 nitrogen and oxygen atoms in total. The molecule has 4 rings (SSSR count). The molecule has 0 aromatic heterocycles. The van der Waals surface area contributed by atoms with Crippen molar-refractivity contribution in [1.82, 2.24) is 0 Å². The van der Waals surface area contributed by atoms with E-state index in [0.717, 1.165) is 57.8 Å². The van der Waals surface area contributed by atoms with Crippen LogP contribution in [0.25, 0.3) is 22.3 Å². The van der Waals surface area contributed by atoms with Crippen LogP contribution in [0.2, 0.25) is 0 Å². The van der Waals surface area contributed by atoms with Gasteiger partial charge in [0.1, 0.15) is 0 Å². The molecule has 6 heteroatoms. The average Bonchev–Trinajstić information content (AvgIpc) is 2.97. The van der Waals surface area contributed by atoms with E-state index in [2.05, 4.69) is 13.8 Å². The highest BCUT2D eigenvalue weighted by Crippen LogP contribution is 2.34. The third-order valence-electron chi connectivity index (χ3n) is 7.78. The third kappa shape index (κ3) is 7.32. The predicted octanol–water partition coefficient (Wildman–Crippen LogP) is 10.1. The summed E-state index contributed by atoms with van der Waals surface area (Å²) in [5.41, 5.74) is 1.78. The van der Waals surface area contributed by atoms with Crippen LogP contribution in [0.15, 0.2) is 48.5 Å². The maximum atomic E-state index is 15.2. The fourth-order valence-corrected chi connectivity index (χ4v) is 5.31. The van der Waals surface area contributed by atoms with Crippen molar-refractivity contribution in [3.8, 4) is 22.3 Å². The summed E-state index contributed by atoms with van der Waals surface area (Å²) in [5.74, 6) is -3.95. The quantitative estimate of drug-likeness (QED) is 0.154. The van der Waals surface area contributed by atoms with E-state index in [4.69, 9.17) is 9.47 Å². The number of hydrogen-bond donors (Lipinski definition) is 0. The van der Waals surface area contributed by atoms with Crippen LogP contribution < -0.4 is 0 Å². The van der Waals surface area contributed by atoms with E-state index in [1.807, 2.05) is 0 Å². The molecule has 1 heterocycles.